The van der Waals surface area contributed by atoms with Crippen molar-refractivity contribution in [1.29, 1.82) is 0 Å². The maximum absolute atomic E-state index is 13.6. The van der Waals surface area contributed by atoms with Gasteiger partial charge in [0.15, 0.2) is 0 Å². The van der Waals surface area contributed by atoms with Crippen LogP contribution >= 0.6 is 27.5 Å². The highest BCUT2D eigenvalue weighted by atomic mass is 79.9. The van der Waals surface area contributed by atoms with Crippen molar-refractivity contribution in [2.75, 3.05) is 11.4 Å². The van der Waals surface area contributed by atoms with Crippen LogP contribution in [0.15, 0.2) is 88.2 Å². The molecular weight excluding hydrogens is 528 g/mol. The number of hydrogen-bond donors (Lipinski definition) is 0. The molecule has 0 saturated carbocycles. The topological polar surface area (TPSA) is 74.8 Å². The first-order valence-corrected chi connectivity index (χ1v) is 12.8. The Bertz CT molecular complexity index is 1270. The third kappa shape index (κ3) is 5.04. The summed E-state index contributed by atoms with van der Waals surface area (Å²) in [6.45, 7) is 0.0561. The van der Waals surface area contributed by atoms with Gasteiger partial charge in [-0.05, 0) is 60.5 Å². The summed E-state index contributed by atoms with van der Waals surface area (Å²) in [4.78, 5) is 27.3. The fourth-order valence-corrected chi connectivity index (χ4v) is 5.74. The number of amides is 2. The molecule has 1 saturated heterocycles. The van der Waals surface area contributed by atoms with Crippen LogP contribution in [-0.4, -0.2) is 37.1 Å². The number of nitrogens with zero attached hydrogens (tertiary/aromatic N) is 2. The highest BCUT2D eigenvalue weighted by molar-refractivity contribution is 9.10. The molecule has 1 atom stereocenters. The van der Waals surface area contributed by atoms with Crippen molar-refractivity contribution in [2.24, 2.45) is 0 Å². The van der Waals surface area contributed by atoms with Gasteiger partial charge in [-0.15, -0.1) is 0 Å². The Balaban J connectivity index is 1.69. The molecular formula is C24H20BrClN2O4S. The second-order valence-electron chi connectivity index (χ2n) is 7.57. The lowest BCUT2D eigenvalue weighted by Crippen LogP contribution is -2.46. The summed E-state index contributed by atoms with van der Waals surface area (Å²) in [6, 6.07) is 20.8. The summed E-state index contributed by atoms with van der Waals surface area (Å²) < 4.78 is 29.1. The number of carbonyl (C=O) groups is 2. The number of carbonyl (C=O) groups excluding carboxylic acids is 2. The molecule has 9 heteroatoms. The molecule has 1 heterocycles. The molecule has 3 aromatic carbocycles. The van der Waals surface area contributed by atoms with Gasteiger partial charge in [-0.3, -0.25) is 9.59 Å². The molecule has 0 bridgehead atoms. The number of halogens is 2. The highest BCUT2D eigenvalue weighted by Gasteiger charge is 2.46. The quantitative estimate of drug-likeness (QED) is 0.403. The minimum atomic E-state index is -4.05. The Morgan fingerprint density at radius 3 is 2.21 bits per heavy atom. The average Bonchev–Trinajstić information content (AvgIpc) is 3.09. The van der Waals surface area contributed by atoms with Crippen LogP contribution in [0.4, 0.5) is 5.69 Å². The molecule has 6 nitrogen and oxygen atoms in total. The van der Waals surface area contributed by atoms with Crippen LogP contribution in [0.25, 0.3) is 0 Å². The molecule has 1 unspecified atom stereocenters. The van der Waals surface area contributed by atoms with Gasteiger partial charge < -0.3 is 0 Å². The summed E-state index contributed by atoms with van der Waals surface area (Å²) in [5.74, 6) is -1.03. The van der Waals surface area contributed by atoms with Crippen molar-refractivity contribution < 1.29 is 18.0 Å². The smallest absolute Gasteiger partial charge is 0.252 e. The Morgan fingerprint density at radius 1 is 0.939 bits per heavy atom. The molecule has 170 valence electrons. The molecule has 0 aliphatic carbocycles. The van der Waals surface area contributed by atoms with Crippen molar-refractivity contribution in [3.05, 3.63) is 93.9 Å². The van der Waals surface area contributed by atoms with E-state index in [4.69, 9.17) is 11.6 Å². The van der Waals surface area contributed by atoms with Crippen LogP contribution in [0.1, 0.15) is 12.0 Å². The highest BCUT2D eigenvalue weighted by Crippen LogP contribution is 2.30. The summed E-state index contributed by atoms with van der Waals surface area (Å²) in [6.07, 6.45) is 0.168. The Hall–Kier alpha value is -2.52. The third-order valence-electron chi connectivity index (χ3n) is 5.44. The molecule has 2 amide bonds. The summed E-state index contributed by atoms with van der Waals surface area (Å²) in [5, 5.41) is 0.469. The lowest BCUT2D eigenvalue weighted by atomic mass is 10.1. The van der Waals surface area contributed by atoms with E-state index in [1.807, 2.05) is 30.3 Å². The standard InChI is InChI=1S/C24H20BrClN2O4S/c25-18-6-12-21(13-7-18)33(31,32)27(15-14-17-4-2-1-3-5-17)22-16-23(29)28(24(22)30)20-10-8-19(26)9-11-20/h1-13,22H,14-16H2. The molecule has 0 aromatic heterocycles. The van der Waals surface area contributed by atoms with Gasteiger partial charge in [0, 0.05) is 16.0 Å². The fourth-order valence-electron chi connectivity index (χ4n) is 3.77. The molecule has 1 fully saturated rings. The normalized spacial score (nSPS) is 16.6. The van der Waals surface area contributed by atoms with Crippen LogP contribution in [0, 0.1) is 0 Å². The molecule has 1 aliphatic heterocycles. The summed E-state index contributed by atoms with van der Waals surface area (Å²) in [7, 11) is -4.05. The maximum Gasteiger partial charge on any atom is 0.252 e. The molecule has 4 rings (SSSR count). The number of benzene rings is 3. The third-order valence-corrected chi connectivity index (χ3v) is 8.14. The Kier molecular flexibility index (Phi) is 6.99. The molecule has 33 heavy (non-hydrogen) atoms. The average molecular weight is 548 g/mol. The van der Waals surface area contributed by atoms with Gasteiger partial charge in [-0.1, -0.05) is 57.9 Å². The second-order valence-corrected chi connectivity index (χ2v) is 10.8. The molecule has 3 aromatic rings. The SMILES string of the molecule is O=C1CC(N(CCc2ccccc2)S(=O)(=O)c2ccc(Br)cc2)C(=O)N1c1ccc(Cl)cc1. The molecule has 0 spiro atoms. The summed E-state index contributed by atoms with van der Waals surface area (Å²) in [5.41, 5.74) is 1.29. The number of imide groups is 1. The van der Waals surface area contributed by atoms with Gasteiger partial charge in [0.25, 0.3) is 5.91 Å². The van der Waals surface area contributed by atoms with Gasteiger partial charge in [-0.25, -0.2) is 13.3 Å². The van der Waals surface area contributed by atoms with Crippen molar-refractivity contribution in [1.82, 2.24) is 4.31 Å². The first-order valence-electron chi connectivity index (χ1n) is 10.2. The van der Waals surface area contributed by atoms with Crippen LogP contribution in [-0.2, 0) is 26.0 Å². The van der Waals surface area contributed by atoms with Crippen LogP contribution in [0.2, 0.25) is 5.02 Å². The van der Waals surface area contributed by atoms with E-state index < -0.39 is 27.9 Å². The van der Waals surface area contributed by atoms with E-state index in [9.17, 15) is 18.0 Å². The molecule has 0 radical (unpaired) electrons. The zero-order chi connectivity index (χ0) is 23.6. The van der Waals surface area contributed by atoms with Crippen LogP contribution < -0.4 is 4.90 Å². The number of sulfonamides is 1. The number of hydrogen-bond acceptors (Lipinski definition) is 4. The zero-order valence-electron chi connectivity index (χ0n) is 17.4. The lowest BCUT2D eigenvalue weighted by Gasteiger charge is -2.27. The Labute approximate surface area is 206 Å². The monoisotopic (exact) mass is 546 g/mol. The predicted molar refractivity (Wildman–Crippen MR) is 131 cm³/mol. The van der Waals surface area contributed by atoms with E-state index in [0.717, 1.165) is 19.2 Å². The van der Waals surface area contributed by atoms with Crippen molar-refractivity contribution in [3.63, 3.8) is 0 Å². The predicted octanol–water partition coefficient (Wildman–Crippen LogP) is 4.67. The first kappa shape index (κ1) is 23.6. The largest absolute Gasteiger partial charge is 0.274 e. The van der Waals surface area contributed by atoms with Crippen molar-refractivity contribution in [3.8, 4) is 0 Å². The lowest BCUT2D eigenvalue weighted by molar-refractivity contribution is -0.122. The van der Waals surface area contributed by atoms with Gasteiger partial charge in [-0.2, -0.15) is 4.31 Å². The molecule has 0 N–H and O–H groups in total. The molecule has 1 aliphatic rings. The Morgan fingerprint density at radius 2 is 1.58 bits per heavy atom. The van der Waals surface area contributed by atoms with Crippen molar-refractivity contribution >= 4 is 55.1 Å². The van der Waals surface area contributed by atoms with Gasteiger partial charge in [0.05, 0.1) is 17.0 Å². The van der Waals surface area contributed by atoms with Gasteiger partial charge in [0.1, 0.15) is 6.04 Å². The number of rotatable bonds is 7. The maximum atomic E-state index is 13.6. The minimum Gasteiger partial charge on any atom is -0.274 e. The van der Waals surface area contributed by atoms with E-state index in [1.165, 1.54) is 12.1 Å². The van der Waals surface area contributed by atoms with E-state index in [-0.39, 0.29) is 17.9 Å². The summed E-state index contributed by atoms with van der Waals surface area (Å²) >= 11 is 9.24. The van der Waals surface area contributed by atoms with E-state index >= 15 is 0 Å². The number of anilines is 1. The van der Waals surface area contributed by atoms with E-state index in [2.05, 4.69) is 15.9 Å². The van der Waals surface area contributed by atoms with Gasteiger partial charge >= 0.3 is 0 Å². The fraction of sp³-hybridized carbons (Fsp3) is 0.167. The van der Waals surface area contributed by atoms with E-state index in [0.29, 0.717) is 17.1 Å². The van der Waals surface area contributed by atoms with Gasteiger partial charge in [0.2, 0.25) is 15.9 Å². The van der Waals surface area contributed by atoms with Crippen LogP contribution in [0.5, 0.6) is 0 Å². The van der Waals surface area contributed by atoms with Crippen LogP contribution in [0.3, 0.4) is 0 Å². The second kappa shape index (κ2) is 9.77. The minimum absolute atomic E-state index is 0.0561. The van der Waals surface area contributed by atoms with Crippen molar-refractivity contribution in [2.45, 2.75) is 23.8 Å². The van der Waals surface area contributed by atoms with E-state index in [1.54, 1.807) is 36.4 Å². The zero-order valence-corrected chi connectivity index (χ0v) is 20.6. The first-order chi connectivity index (χ1) is 15.8.